The minimum absolute atomic E-state index is 0.455. The summed E-state index contributed by atoms with van der Waals surface area (Å²) in [5.41, 5.74) is 1.67. The molecule has 1 N–H and O–H groups in total. The fourth-order valence-electron chi connectivity index (χ4n) is 4.16. The smallest absolute Gasteiger partial charge is 0.182 e. The number of nitrogens with one attached hydrogen (secondary N) is 1. The van der Waals surface area contributed by atoms with Crippen molar-refractivity contribution in [3.8, 4) is 0 Å². The number of piperidine rings is 1. The zero-order valence-electron chi connectivity index (χ0n) is 14.3. The van der Waals surface area contributed by atoms with E-state index in [0.29, 0.717) is 5.92 Å². The summed E-state index contributed by atoms with van der Waals surface area (Å²) in [4.78, 5) is 23.3. The standard InChI is InChI=1S/C18H23N7/c1-3-13(4-1)9-25-8-6-19-17(25)14-5-2-7-24(10-14)18-15-16(21-11-20-15)22-12-23-18/h6,8,11-14H,1-5,7,9-10H2,(H,20,21,22,23)/t14-/m1/s1. The first-order valence-corrected chi connectivity index (χ1v) is 9.28. The molecule has 0 unspecified atom stereocenters. The number of hydrogen-bond donors (Lipinski definition) is 1. The Morgan fingerprint density at radius 2 is 2.04 bits per heavy atom. The maximum Gasteiger partial charge on any atom is 0.182 e. The number of hydrogen-bond acceptors (Lipinski definition) is 5. The number of anilines is 1. The molecule has 1 atom stereocenters. The number of imidazole rings is 2. The van der Waals surface area contributed by atoms with Gasteiger partial charge in [0.15, 0.2) is 11.5 Å². The van der Waals surface area contributed by atoms with Gasteiger partial charge >= 0.3 is 0 Å². The molecule has 1 saturated carbocycles. The van der Waals surface area contributed by atoms with Gasteiger partial charge in [0.25, 0.3) is 0 Å². The van der Waals surface area contributed by atoms with E-state index in [4.69, 9.17) is 4.98 Å². The summed E-state index contributed by atoms with van der Waals surface area (Å²) in [5.74, 6) is 3.51. The van der Waals surface area contributed by atoms with E-state index in [1.165, 1.54) is 31.5 Å². The molecule has 5 rings (SSSR count). The van der Waals surface area contributed by atoms with Crippen molar-refractivity contribution in [3.05, 3.63) is 30.9 Å². The molecule has 130 valence electrons. The van der Waals surface area contributed by atoms with E-state index in [9.17, 15) is 0 Å². The van der Waals surface area contributed by atoms with Crippen LogP contribution in [0.5, 0.6) is 0 Å². The van der Waals surface area contributed by atoms with E-state index in [0.717, 1.165) is 49.0 Å². The average molecular weight is 337 g/mol. The molecule has 1 saturated heterocycles. The van der Waals surface area contributed by atoms with Crippen LogP contribution in [0.2, 0.25) is 0 Å². The lowest BCUT2D eigenvalue weighted by Gasteiger charge is -2.34. The minimum atomic E-state index is 0.455. The van der Waals surface area contributed by atoms with Crippen molar-refractivity contribution in [1.82, 2.24) is 29.5 Å². The monoisotopic (exact) mass is 337 g/mol. The Balaban J connectivity index is 1.39. The van der Waals surface area contributed by atoms with Crippen LogP contribution in [-0.2, 0) is 6.54 Å². The van der Waals surface area contributed by atoms with E-state index >= 15 is 0 Å². The minimum Gasteiger partial charge on any atom is -0.354 e. The summed E-state index contributed by atoms with van der Waals surface area (Å²) in [6.07, 6.45) is 13.9. The van der Waals surface area contributed by atoms with Crippen molar-refractivity contribution in [2.45, 2.75) is 44.6 Å². The third-order valence-electron chi connectivity index (χ3n) is 5.72. The normalized spacial score (nSPS) is 21.6. The zero-order chi connectivity index (χ0) is 16.6. The molecule has 0 aromatic carbocycles. The van der Waals surface area contributed by atoms with Crippen LogP contribution in [0.15, 0.2) is 25.0 Å². The van der Waals surface area contributed by atoms with Gasteiger partial charge in [-0.15, -0.1) is 0 Å². The zero-order valence-corrected chi connectivity index (χ0v) is 14.3. The second-order valence-electron chi connectivity index (χ2n) is 7.32. The molecule has 1 aliphatic carbocycles. The Kier molecular flexibility index (Phi) is 3.64. The molecule has 2 fully saturated rings. The maximum absolute atomic E-state index is 4.72. The van der Waals surface area contributed by atoms with Crippen molar-refractivity contribution in [3.63, 3.8) is 0 Å². The van der Waals surface area contributed by atoms with Gasteiger partial charge in [-0.3, -0.25) is 0 Å². The van der Waals surface area contributed by atoms with Crippen LogP contribution in [0, 0.1) is 5.92 Å². The van der Waals surface area contributed by atoms with Crippen LogP contribution in [0.25, 0.3) is 11.2 Å². The van der Waals surface area contributed by atoms with Gasteiger partial charge in [0.05, 0.1) is 6.33 Å². The summed E-state index contributed by atoms with van der Waals surface area (Å²) < 4.78 is 2.39. The predicted octanol–water partition coefficient (Wildman–Crippen LogP) is 2.73. The quantitative estimate of drug-likeness (QED) is 0.792. The summed E-state index contributed by atoms with van der Waals surface area (Å²) in [5, 5.41) is 0. The SMILES string of the molecule is c1cn(CC2CCC2)c([C@@H]2CCCN(c3ncnc4nc[nH]c34)C2)n1. The lowest BCUT2D eigenvalue weighted by atomic mass is 9.85. The highest BCUT2D eigenvalue weighted by Crippen LogP contribution is 2.33. The van der Waals surface area contributed by atoms with Crippen LogP contribution in [-0.4, -0.2) is 42.6 Å². The number of nitrogens with zero attached hydrogens (tertiary/aromatic N) is 6. The molecule has 7 heteroatoms. The first-order chi connectivity index (χ1) is 12.4. The lowest BCUT2D eigenvalue weighted by Crippen LogP contribution is -2.36. The van der Waals surface area contributed by atoms with Gasteiger partial charge in [-0.05, 0) is 31.6 Å². The largest absolute Gasteiger partial charge is 0.354 e. The topological polar surface area (TPSA) is 75.5 Å². The molecule has 0 bridgehead atoms. The van der Waals surface area contributed by atoms with Gasteiger partial charge in [0.2, 0.25) is 0 Å². The Labute approximate surface area is 146 Å². The molecule has 25 heavy (non-hydrogen) atoms. The van der Waals surface area contributed by atoms with Gasteiger partial charge < -0.3 is 14.5 Å². The molecule has 0 amide bonds. The molecule has 0 spiro atoms. The summed E-state index contributed by atoms with van der Waals surface area (Å²) in [6.45, 7) is 3.10. The molecule has 4 heterocycles. The van der Waals surface area contributed by atoms with Crippen LogP contribution < -0.4 is 4.90 Å². The number of aromatic nitrogens is 6. The Hall–Kier alpha value is -2.44. The van der Waals surface area contributed by atoms with E-state index in [1.807, 2.05) is 6.20 Å². The highest BCUT2D eigenvalue weighted by atomic mass is 15.2. The van der Waals surface area contributed by atoms with Crippen LogP contribution >= 0.6 is 0 Å². The van der Waals surface area contributed by atoms with Gasteiger partial charge in [-0.25, -0.2) is 19.9 Å². The first-order valence-electron chi connectivity index (χ1n) is 9.28. The number of rotatable bonds is 4. The van der Waals surface area contributed by atoms with Crippen molar-refractivity contribution < 1.29 is 0 Å². The fraction of sp³-hybridized carbons (Fsp3) is 0.556. The summed E-state index contributed by atoms with van der Waals surface area (Å²) >= 11 is 0. The van der Waals surface area contributed by atoms with Crippen LogP contribution in [0.3, 0.4) is 0 Å². The lowest BCUT2D eigenvalue weighted by molar-refractivity contribution is 0.270. The molecule has 1 aliphatic heterocycles. The second-order valence-corrected chi connectivity index (χ2v) is 7.32. The molecule has 3 aromatic heterocycles. The molecular formula is C18H23N7. The second kappa shape index (κ2) is 6.13. The van der Waals surface area contributed by atoms with Crippen molar-refractivity contribution in [2.75, 3.05) is 18.0 Å². The van der Waals surface area contributed by atoms with Crippen molar-refractivity contribution >= 4 is 17.0 Å². The molecule has 7 nitrogen and oxygen atoms in total. The highest BCUT2D eigenvalue weighted by Gasteiger charge is 2.28. The third-order valence-corrected chi connectivity index (χ3v) is 5.72. The predicted molar refractivity (Wildman–Crippen MR) is 95.4 cm³/mol. The van der Waals surface area contributed by atoms with Crippen molar-refractivity contribution in [1.29, 1.82) is 0 Å². The molecule has 2 aliphatic rings. The number of aromatic amines is 1. The van der Waals surface area contributed by atoms with E-state index < -0.39 is 0 Å². The highest BCUT2D eigenvalue weighted by molar-refractivity contribution is 5.82. The van der Waals surface area contributed by atoms with Gasteiger partial charge in [-0.1, -0.05) is 6.42 Å². The average Bonchev–Trinajstić information content (AvgIpc) is 3.27. The fourth-order valence-corrected chi connectivity index (χ4v) is 4.16. The van der Waals surface area contributed by atoms with E-state index in [2.05, 4.69) is 35.6 Å². The Bertz CT molecular complexity index is 863. The summed E-state index contributed by atoms with van der Waals surface area (Å²) in [6, 6.07) is 0. The van der Waals surface area contributed by atoms with Crippen LogP contribution in [0.4, 0.5) is 5.82 Å². The summed E-state index contributed by atoms with van der Waals surface area (Å²) in [7, 11) is 0. The molecule has 0 radical (unpaired) electrons. The Morgan fingerprint density at radius 1 is 1.08 bits per heavy atom. The molecule has 3 aromatic rings. The van der Waals surface area contributed by atoms with Gasteiger partial charge in [-0.2, -0.15) is 0 Å². The van der Waals surface area contributed by atoms with Crippen LogP contribution in [0.1, 0.15) is 43.8 Å². The maximum atomic E-state index is 4.72. The first kappa shape index (κ1) is 14.9. The number of H-pyrrole nitrogens is 1. The number of fused-ring (bicyclic) bond motifs is 1. The van der Waals surface area contributed by atoms with Crippen molar-refractivity contribution in [2.24, 2.45) is 5.92 Å². The van der Waals surface area contributed by atoms with E-state index in [1.54, 1.807) is 12.7 Å². The van der Waals surface area contributed by atoms with Gasteiger partial charge in [0.1, 0.15) is 17.7 Å². The third kappa shape index (κ3) is 2.67. The van der Waals surface area contributed by atoms with Gasteiger partial charge in [0, 0.05) is 37.9 Å². The Morgan fingerprint density at radius 3 is 2.92 bits per heavy atom. The van der Waals surface area contributed by atoms with E-state index in [-0.39, 0.29) is 0 Å². The molecular weight excluding hydrogens is 314 g/mol.